The Labute approximate surface area is 198 Å². The molecule has 1 unspecified atom stereocenters. The summed E-state index contributed by atoms with van der Waals surface area (Å²) in [7, 11) is 0. The highest BCUT2D eigenvalue weighted by Crippen LogP contribution is 2.57. The Balaban J connectivity index is 1.41. The Morgan fingerprint density at radius 1 is 0.794 bits per heavy atom. The minimum absolute atomic E-state index is 0.257. The lowest BCUT2D eigenvalue weighted by Crippen LogP contribution is -2.36. The highest BCUT2D eigenvalue weighted by atomic mass is 16.7. The minimum atomic E-state index is -0.273. The van der Waals surface area contributed by atoms with Crippen molar-refractivity contribution < 1.29 is 23.7 Å². The molecule has 0 fully saturated rings. The highest BCUT2D eigenvalue weighted by molar-refractivity contribution is 5.83. The Morgan fingerprint density at radius 2 is 1.59 bits per heavy atom. The van der Waals surface area contributed by atoms with Crippen molar-refractivity contribution in [3.8, 4) is 39.9 Å². The van der Waals surface area contributed by atoms with Gasteiger partial charge in [0.2, 0.25) is 13.6 Å². The van der Waals surface area contributed by atoms with Gasteiger partial charge in [0.05, 0.1) is 5.41 Å². The van der Waals surface area contributed by atoms with E-state index in [1.165, 1.54) is 41.6 Å². The molecule has 6 heteroatoms. The van der Waals surface area contributed by atoms with Crippen LogP contribution in [0.4, 0.5) is 5.69 Å². The summed E-state index contributed by atoms with van der Waals surface area (Å²) >= 11 is 0. The summed E-state index contributed by atoms with van der Waals surface area (Å²) in [6.45, 7) is 5.31. The number of nitrogens with zero attached hydrogens (tertiary/aromatic N) is 1. The smallest absolute Gasteiger partial charge is 0.231 e. The van der Waals surface area contributed by atoms with E-state index in [1.807, 2.05) is 12.1 Å². The summed E-state index contributed by atoms with van der Waals surface area (Å²) < 4.78 is 29.0. The quantitative estimate of drug-likeness (QED) is 0.472. The molecule has 4 heterocycles. The molecule has 6 nitrogen and oxygen atoms in total. The number of anilines is 1. The SMILES string of the molecule is CCCCCN1CC2(COc3cc4c(cc32)OCO4)c2c(-c3ccc4c(c3)OCO4)cccc21. The number of rotatable bonds is 5. The van der Waals surface area contributed by atoms with Crippen molar-refractivity contribution in [3.63, 3.8) is 0 Å². The fourth-order valence-electron chi connectivity index (χ4n) is 5.89. The van der Waals surface area contributed by atoms with Gasteiger partial charge in [-0.05, 0) is 47.4 Å². The summed E-state index contributed by atoms with van der Waals surface area (Å²) in [6, 6.07) is 17.0. The second-order valence-corrected chi connectivity index (χ2v) is 9.47. The number of benzene rings is 3. The number of hydrogen-bond donors (Lipinski definition) is 0. The molecular formula is C28H27NO5. The third kappa shape index (κ3) is 2.81. The first kappa shape index (κ1) is 19.9. The molecule has 174 valence electrons. The zero-order chi connectivity index (χ0) is 22.7. The molecule has 4 aliphatic rings. The average molecular weight is 458 g/mol. The summed E-state index contributed by atoms with van der Waals surface area (Å²) in [5.74, 6) is 4.06. The normalized spacial score (nSPS) is 20.6. The lowest BCUT2D eigenvalue weighted by atomic mass is 9.74. The van der Waals surface area contributed by atoms with E-state index in [0.29, 0.717) is 6.61 Å². The Morgan fingerprint density at radius 3 is 2.44 bits per heavy atom. The van der Waals surface area contributed by atoms with Gasteiger partial charge in [-0.1, -0.05) is 38.0 Å². The van der Waals surface area contributed by atoms with Crippen LogP contribution in [0, 0.1) is 0 Å². The minimum Gasteiger partial charge on any atom is -0.492 e. The van der Waals surface area contributed by atoms with Gasteiger partial charge in [-0.2, -0.15) is 0 Å². The van der Waals surface area contributed by atoms with Gasteiger partial charge in [-0.25, -0.2) is 0 Å². The van der Waals surface area contributed by atoms with Gasteiger partial charge in [0.25, 0.3) is 0 Å². The van der Waals surface area contributed by atoms with Gasteiger partial charge < -0.3 is 28.6 Å². The summed E-state index contributed by atoms with van der Waals surface area (Å²) in [6.07, 6.45) is 3.61. The van der Waals surface area contributed by atoms with Gasteiger partial charge in [0.15, 0.2) is 23.0 Å². The molecule has 34 heavy (non-hydrogen) atoms. The van der Waals surface area contributed by atoms with Crippen molar-refractivity contribution in [2.75, 3.05) is 38.2 Å². The van der Waals surface area contributed by atoms with Crippen molar-refractivity contribution in [1.29, 1.82) is 0 Å². The van der Waals surface area contributed by atoms with E-state index in [4.69, 9.17) is 23.7 Å². The van der Waals surface area contributed by atoms with E-state index in [2.05, 4.69) is 48.2 Å². The number of ether oxygens (including phenoxy) is 5. The molecule has 0 N–H and O–H groups in total. The first-order valence-corrected chi connectivity index (χ1v) is 12.1. The molecule has 0 saturated carbocycles. The van der Waals surface area contributed by atoms with Crippen LogP contribution in [0.5, 0.6) is 28.7 Å². The van der Waals surface area contributed by atoms with Crippen LogP contribution >= 0.6 is 0 Å². The standard InChI is InChI=1S/C28H27NO5/c1-2-3-4-10-29-14-28(15-30-23-13-26-25(12-20(23)28)33-17-34-26)27-19(6-5-7-21(27)29)18-8-9-22-24(11-18)32-16-31-22/h5-9,11-13H,2-4,10,14-17H2,1H3. The van der Waals surface area contributed by atoms with E-state index >= 15 is 0 Å². The van der Waals surface area contributed by atoms with Crippen molar-refractivity contribution in [2.24, 2.45) is 0 Å². The number of hydrogen-bond acceptors (Lipinski definition) is 6. The molecule has 4 aliphatic heterocycles. The van der Waals surface area contributed by atoms with E-state index in [-0.39, 0.29) is 19.0 Å². The molecule has 0 aliphatic carbocycles. The third-order valence-electron chi connectivity index (χ3n) is 7.50. The second-order valence-electron chi connectivity index (χ2n) is 9.47. The van der Waals surface area contributed by atoms with Crippen LogP contribution in [0.1, 0.15) is 37.3 Å². The van der Waals surface area contributed by atoms with Gasteiger partial charge >= 0.3 is 0 Å². The van der Waals surface area contributed by atoms with Crippen molar-refractivity contribution >= 4 is 5.69 Å². The molecule has 1 atom stereocenters. The monoisotopic (exact) mass is 457 g/mol. The molecule has 0 bridgehead atoms. The van der Waals surface area contributed by atoms with Gasteiger partial charge in [-0.3, -0.25) is 0 Å². The van der Waals surface area contributed by atoms with Crippen molar-refractivity contribution in [2.45, 2.75) is 31.6 Å². The molecular weight excluding hydrogens is 430 g/mol. The average Bonchev–Trinajstić information content (AvgIpc) is 3.64. The fraction of sp³-hybridized carbons (Fsp3) is 0.357. The van der Waals surface area contributed by atoms with Crippen LogP contribution in [0.2, 0.25) is 0 Å². The summed E-state index contributed by atoms with van der Waals surface area (Å²) in [4.78, 5) is 2.55. The predicted molar refractivity (Wildman–Crippen MR) is 129 cm³/mol. The molecule has 1 spiro atoms. The third-order valence-corrected chi connectivity index (χ3v) is 7.50. The Hall–Kier alpha value is -3.54. The van der Waals surface area contributed by atoms with Crippen LogP contribution in [0.15, 0.2) is 48.5 Å². The van der Waals surface area contributed by atoms with Crippen molar-refractivity contribution in [3.05, 3.63) is 59.7 Å². The maximum atomic E-state index is 6.35. The fourth-order valence-corrected chi connectivity index (χ4v) is 5.89. The van der Waals surface area contributed by atoms with E-state index in [9.17, 15) is 0 Å². The zero-order valence-corrected chi connectivity index (χ0v) is 19.3. The summed E-state index contributed by atoms with van der Waals surface area (Å²) in [5, 5.41) is 0. The maximum absolute atomic E-state index is 6.35. The predicted octanol–water partition coefficient (Wildman–Crippen LogP) is 5.50. The maximum Gasteiger partial charge on any atom is 0.231 e. The number of fused-ring (bicyclic) bond motifs is 6. The van der Waals surface area contributed by atoms with E-state index < -0.39 is 0 Å². The van der Waals surface area contributed by atoms with E-state index in [0.717, 1.165) is 47.4 Å². The number of unbranched alkanes of at least 4 members (excludes halogenated alkanes) is 2. The van der Waals surface area contributed by atoms with Gasteiger partial charge in [0.1, 0.15) is 12.4 Å². The van der Waals surface area contributed by atoms with E-state index in [1.54, 1.807) is 0 Å². The van der Waals surface area contributed by atoms with Gasteiger partial charge in [0, 0.05) is 30.4 Å². The lowest BCUT2D eigenvalue weighted by Gasteiger charge is -2.26. The Kier molecular flexibility index (Phi) is 4.38. The van der Waals surface area contributed by atoms with Crippen LogP contribution in [-0.2, 0) is 5.41 Å². The highest BCUT2D eigenvalue weighted by Gasteiger charge is 2.51. The molecule has 3 aromatic rings. The van der Waals surface area contributed by atoms with Crippen LogP contribution in [0.25, 0.3) is 11.1 Å². The van der Waals surface area contributed by atoms with Crippen LogP contribution in [0.3, 0.4) is 0 Å². The lowest BCUT2D eigenvalue weighted by molar-refractivity contribution is 0.173. The van der Waals surface area contributed by atoms with Crippen molar-refractivity contribution in [1.82, 2.24) is 0 Å². The zero-order valence-electron chi connectivity index (χ0n) is 19.3. The van der Waals surface area contributed by atoms with Gasteiger partial charge in [-0.15, -0.1) is 0 Å². The Bertz CT molecular complexity index is 1290. The largest absolute Gasteiger partial charge is 0.492 e. The first-order valence-electron chi connectivity index (χ1n) is 12.1. The molecule has 0 saturated heterocycles. The first-order chi connectivity index (χ1) is 16.8. The molecule has 3 aromatic carbocycles. The molecule has 0 radical (unpaired) electrons. The van der Waals surface area contributed by atoms with Crippen LogP contribution < -0.4 is 28.6 Å². The molecule has 0 aromatic heterocycles. The molecule has 0 amide bonds. The van der Waals surface area contributed by atoms with Crippen LogP contribution in [-0.4, -0.2) is 33.3 Å². The molecule has 7 rings (SSSR count). The second kappa shape index (κ2) is 7.49. The topological polar surface area (TPSA) is 49.4 Å². The summed E-state index contributed by atoms with van der Waals surface area (Å²) in [5.41, 5.74) is 5.87.